The quantitative estimate of drug-likeness (QED) is 0.563. The van der Waals surface area contributed by atoms with Crippen molar-refractivity contribution in [3.05, 3.63) is 53.6 Å². The van der Waals surface area contributed by atoms with E-state index in [0.717, 1.165) is 11.3 Å². The summed E-state index contributed by atoms with van der Waals surface area (Å²) < 4.78 is 5.02. The smallest absolute Gasteiger partial charge is 0.262 e. The summed E-state index contributed by atoms with van der Waals surface area (Å²) in [7, 11) is 1.47. The molecule has 0 aliphatic heterocycles. The van der Waals surface area contributed by atoms with Crippen molar-refractivity contribution in [2.24, 2.45) is 5.10 Å². The van der Waals surface area contributed by atoms with Gasteiger partial charge in [-0.25, -0.2) is 5.43 Å². The van der Waals surface area contributed by atoms with E-state index in [4.69, 9.17) is 4.74 Å². The Morgan fingerprint density at radius 1 is 1.25 bits per heavy atom. The van der Waals surface area contributed by atoms with Crippen LogP contribution < -0.4 is 15.5 Å². The molecule has 0 bridgehead atoms. The topological polar surface area (TPSA) is 83.0 Å². The van der Waals surface area contributed by atoms with Gasteiger partial charge in [0.1, 0.15) is 6.04 Å². The molecular formula is C18H21N3O3. The third-order valence-corrected chi connectivity index (χ3v) is 3.42. The molecule has 1 amide bonds. The molecule has 0 aromatic heterocycles. The van der Waals surface area contributed by atoms with E-state index in [1.165, 1.54) is 19.4 Å². The van der Waals surface area contributed by atoms with Crippen LogP contribution in [0.2, 0.25) is 0 Å². The third-order valence-electron chi connectivity index (χ3n) is 3.42. The molecule has 0 radical (unpaired) electrons. The number of phenols is 1. The second-order valence-electron chi connectivity index (χ2n) is 5.40. The van der Waals surface area contributed by atoms with Crippen molar-refractivity contribution in [1.29, 1.82) is 0 Å². The molecule has 6 heteroatoms. The second kappa shape index (κ2) is 8.01. The van der Waals surface area contributed by atoms with Gasteiger partial charge in [0.25, 0.3) is 5.91 Å². The Morgan fingerprint density at radius 2 is 1.96 bits per heavy atom. The number of phenolic OH excluding ortho intramolecular Hbond substituents is 1. The van der Waals surface area contributed by atoms with Crippen LogP contribution in [-0.2, 0) is 4.79 Å². The fraction of sp³-hybridized carbons (Fsp3) is 0.222. The molecule has 2 aromatic carbocycles. The Morgan fingerprint density at radius 3 is 2.62 bits per heavy atom. The summed E-state index contributed by atoms with van der Waals surface area (Å²) in [5, 5.41) is 16.6. The summed E-state index contributed by atoms with van der Waals surface area (Å²) in [4.78, 5) is 12.0. The number of carbonyl (C=O) groups excluding carboxylic acids is 1. The normalized spacial score (nSPS) is 12.0. The lowest BCUT2D eigenvalue weighted by atomic mass is 10.2. The molecular weight excluding hydrogens is 306 g/mol. The van der Waals surface area contributed by atoms with E-state index in [2.05, 4.69) is 15.8 Å². The minimum atomic E-state index is -0.431. The highest BCUT2D eigenvalue weighted by Crippen LogP contribution is 2.25. The van der Waals surface area contributed by atoms with Crippen molar-refractivity contribution >= 4 is 17.8 Å². The first-order chi connectivity index (χ1) is 11.5. The summed E-state index contributed by atoms with van der Waals surface area (Å²) in [5.74, 6) is 0.145. The van der Waals surface area contributed by atoms with Gasteiger partial charge in [0.15, 0.2) is 11.5 Å². The van der Waals surface area contributed by atoms with Gasteiger partial charge in [-0.15, -0.1) is 0 Å². The summed E-state index contributed by atoms with van der Waals surface area (Å²) in [6.07, 6.45) is 1.48. The molecule has 0 aliphatic carbocycles. The van der Waals surface area contributed by atoms with E-state index in [1.54, 1.807) is 19.1 Å². The molecule has 0 saturated heterocycles. The first kappa shape index (κ1) is 17.3. The fourth-order valence-electron chi connectivity index (χ4n) is 2.01. The monoisotopic (exact) mass is 327 g/mol. The number of carbonyl (C=O) groups is 1. The Bertz CT molecular complexity index is 727. The maximum absolute atomic E-state index is 12.0. The summed E-state index contributed by atoms with van der Waals surface area (Å²) in [6.45, 7) is 3.77. The lowest BCUT2D eigenvalue weighted by Gasteiger charge is -2.13. The molecule has 0 saturated carbocycles. The summed E-state index contributed by atoms with van der Waals surface area (Å²) in [5.41, 5.74) is 5.21. The van der Waals surface area contributed by atoms with Gasteiger partial charge in [0.05, 0.1) is 13.3 Å². The van der Waals surface area contributed by atoms with Crippen LogP contribution >= 0.6 is 0 Å². The van der Waals surface area contributed by atoms with Crippen LogP contribution in [-0.4, -0.2) is 30.4 Å². The summed E-state index contributed by atoms with van der Waals surface area (Å²) >= 11 is 0. The van der Waals surface area contributed by atoms with Crippen LogP contribution in [0.4, 0.5) is 5.69 Å². The lowest BCUT2D eigenvalue weighted by molar-refractivity contribution is -0.121. The van der Waals surface area contributed by atoms with E-state index in [-0.39, 0.29) is 11.7 Å². The number of hydrogen-bond acceptors (Lipinski definition) is 5. The standard InChI is InChI=1S/C18H21N3O3/c1-12-4-7-15(8-5-12)20-13(2)18(23)21-19-11-14-6-9-16(22)17(10-14)24-3/h4-11,13,20,22H,1-3H3,(H,21,23). The van der Waals surface area contributed by atoms with E-state index >= 15 is 0 Å². The number of methoxy groups -OCH3 is 1. The molecule has 3 N–H and O–H groups in total. The van der Waals surface area contributed by atoms with Crippen LogP contribution in [0.5, 0.6) is 11.5 Å². The molecule has 6 nitrogen and oxygen atoms in total. The molecule has 126 valence electrons. The number of benzene rings is 2. The number of amides is 1. The number of hydrazone groups is 1. The Labute approximate surface area is 141 Å². The first-order valence-corrected chi connectivity index (χ1v) is 7.52. The van der Waals surface area contributed by atoms with E-state index in [1.807, 2.05) is 31.2 Å². The molecule has 0 aliphatic rings. The molecule has 1 unspecified atom stereocenters. The predicted molar refractivity (Wildman–Crippen MR) is 94.7 cm³/mol. The molecule has 1 atom stereocenters. The van der Waals surface area contributed by atoms with Gasteiger partial charge in [0, 0.05) is 5.69 Å². The average molecular weight is 327 g/mol. The molecule has 2 aromatic rings. The van der Waals surface area contributed by atoms with Crippen molar-refractivity contribution < 1.29 is 14.6 Å². The molecule has 2 rings (SSSR count). The zero-order valence-corrected chi connectivity index (χ0v) is 13.9. The molecule has 0 fully saturated rings. The SMILES string of the molecule is COc1cc(C=NNC(=O)C(C)Nc2ccc(C)cc2)ccc1O. The number of hydrogen-bond donors (Lipinski definition) is 3. The average Bonchev–Trinajstić information content (AvgIpc) is 2.58. The van der Waals surface area contributed by atoms with Crippen LogP contribution in [0.3, 0.4) is 0 Å². The molecule has 0 heterocycles. The van der Waals surface area contributed by atoms with Crippen LogP contribution in [0.25, 0.3) is 0 Å². The van der Waals surface area contributed by atoms with E-state index in [9.17, 15) is 9.90 Å². The Hall–Kier alpha value is -3.02. The number of nitrogens with zero attached hydrogens (tertiary/aromatic N) is 1. The molecule has 24 heavy (non-hydrogen) atoms. The minimum Gasteiger partial charge on any atom is -0.504 e. The first-order valence-electron chi connectivity index (χ1n) is 7.52. The van der Waals surface area contributed by atoms with Crippen LogP contribution in [0.15, 0.2) is 47.6 Å². The zero-order chi connectivity index (χ0) is 17.5. The highest BCUT2D eigenvalue weighted by atomic mass is 16.5. The number of anilines is 1. The minimum absolute atomic E-state index is 0.0506. The highest BCUT2D eigenvalue weighted by molar-refractivity contribution is 5.86. The molecule has 0 spiro atoms. The maximum atomic E-state index is 12.0. The number of rotatable bonds is 6. The maximum Gasteiger partial charge on any atom is 0.262 e. The second-order valence-corrected chi connectivity index (χ2v) is 5.40. The van der Waals surface area contributed by atoms with Crippen molar-refractivity contribution in [3.63, 3.8) is 0 Å². The van der Waals surface area contributed by atoms with Crippen LogP contribution in [0, 0.1) is 6.92 Å². The third kappa shape index (κ3) is 4.74. The Balaban J connectivity index is 1.90. The van der Waals surface area contributed by atoms with Crippen LogP contribution in [0.1, 0.15) is 18.1 Å². The van der Waals surface area contributed by atoms with Gasteiger partial charge < -0.3 is 15.2 Å². The van der Waals surface area contributed by atoms with Gasteiger partial charge in [0.2, 0.25) is 0 Å². The number of ether oxygens (including phenoxy) is 1. The number of nitrogens with one attached hydrogen (secondary N) is 2. The number of aromatic hydroxyl groups is 1. The summed E-state index contributed by atoms with van der Waals surface area (Å²) in [6, 6.07) is 12.2. The van der Waals surface area contributed by atoms with E-state index in [0.29, 0.717) is 11.3 Å². The van der Waals surface area contributed by atoms with Gasteiger partial charge in [-0.05, 0) is 49.7 Å². The van der Waals surface area contributed by atoms with Gasteiger partial charge in [-0.3, -0.25) is 4.79 Å². The van der Waals surface area contributed by atoms with Gasteiger partial charge >= 0.3 is 0 Å². The van der Waals surface area contributed by atoms with Crippen molar-refractivity contribution in [3.8, 4) is 11.5 Å². The van der Waals surface area contributed by atoms with E-state index < -0.39 is 6.04 Å². The number of aryl methyl sites for hydroxylation is 1. The van der Waals surface area contributed by atoms with Gasteiger partial charge in [-0.1, -0.05) is 17.7 Å². The Kier molecular flexibility index (Phi) is 5.78. The van der Waals surface area contributed by atoms with Crippen molar-refractivity contribution in [2.45, 2.75) is 19.9 Å². The predicted octanol–water partition coefficient (Wildman–Crippen LogP) is 2.66. The zero-order valence-electron chi connectivity index (χ0n) is 13.9. The van der Waals surface area contributed by atoms with Crippen molar-refractivity contribution in [1.82, 2.24) is 5.43 Å². The van der Waals surface area contributed by atoms with Gasteiger partial charge in [-0.2, -0.15) is 5.10 Å². The lowest BCUT2D eigenvalue weighted by Crippen LogP contribution is -2.34. The fourth-order valence-corrected chi connectivity index (χ4v) is 2.01. The largest absolute Gasteiger partial charge is 0.504 e. The van der Waals surface area contributed by atoms with Crippen molar-refractivity contribution in [2.75, 3.05) is 12.4 Å². The highest BCUT2D eigenvalue weighted by Gasteiger charge is 2.11.